The number of amides is 1. The van der Waals surface area contributed by atoms with Crippen molar-refractivity contribution < 1.29 is 27.9 Å². The number of anilines is 1. The molecule has 0 saturated carbocycles. The van der Waals surface area contributed by atoms with Crippen molar-refractivity contribution in [3.8, 4) is 0 Å². The second-order valence-corrected chi connectivity index (χ2v) is 3.79. The van der Waals surface area contributed by atoms with Gasteiger partial charge in [-0.15, -0.1) is 0 Å². The summed E-state index contributed by atoms with van der Waals surface area (Å²) in [7, 11) is 0. The number of benzene rings is 1. The average molecular weight is 282 g/mol. The van der Waals surface area contributed by atoms with E-state index in [-0.39, 0.29) is 16.1 Å². The number of nitrogens with one attached hydrogen (secondary N) is 1. The SMILES string of the molecule is Cc1cc(C(=O)O)cc(NC(=O)C(F)(F)F)c1Cl. The van der Waals surface area contributed by atoms with E-state index in [1.165, 1.54) is 18.3 Å². The summed E-state index contributed by atoms with van der Waals surface area (Å²) in [5, 5.41) is 10.1. The fourth-order valence-electron chi connectivity index (χ4n) is 1.18. The number of rotatable bonds is 2. The smallest absolute Gasteiger partial charge is 0.471 e. The zero-order valence-corrected chi connectivity index (χ0v) is 9.69. The highest BCUT2D eigenvalue weighted by Gasteiger charge is 2.39. The van der Waals surface area contributed by atoms with Crippen LogP contribution in [0, 0.1) is 6.92 Å². The molecule has 0 aliphatic rings. The van der Waals surface area contributed by atoms with Gasteiger partial charge in [0.05, 0.1) is 16.3 Å². The van der Waals surface area contributed by atoms with E-state index in [0.717, 1.165) is 6.07 Å². The van der Waals surface area contributed by atoms with E-state index >= 15 is 0 Å². The number of hydrogen-bond acceptors (Lipinski definition) is 2. The van der Waals surface area contributed by atoms with Crippen LogP contribution >= 0.6 is 11.6 Å². The zero-order valence-electron chi connectivity index (χ0n) is 8.93. The number of carbonyl (C=O) groups is 2. The first kappa shape index (κ1) is 14.3. The molecule has 0 aromatic heterocycles. The van der Waals surface area contributed by atoms with E-state index in [0.29, 0.717) is 0 Å². The monoisotopic (exact) mass is 281 g/mol. The molecule has 4 nitrogen and oxygen atoms in total. The second kappa shape index (κ2) is 4.85. The highest BCUT2D eigenvalue weighted by Crippen LogP contribution is 2.29. The molecule has 1 rings (SSSR count). The van der Waals surface area contributed by atoms with E-state index in [1.807, 2.05) is 0 Å². The molecule has 98 valence electrons. The first-order valence-corrected chi connectivity index (χ1v) is 4.92. The predicted octanol–water partition coefficient (Wildman–Crippen LogP) is 2.85. The lowest BCUT2D eigenvalue weighted by molar-refractivity contribution is -0.167. The van der Waals surface area contributed by atoms with Crippen LogP contribution in [-0.2, 0) is 4.79 Å². The number of aromatic carboxylic acids is 1. The molecule has 0 aliphatic carbocycles. The summed E-state index contributed by atoms with van der Waals surface area (Å²) in [6.45, 7) is 1.41. The van der Waals surface area contributed by atoms with Crippen molar-refractivity contribution in [1.29, 1.82) is 0 Å². The third-order valence-electron chi connectivity index (χ3n) is 2.01. The normalized spacial score (nSPS) is 11.2. The Morgan fingerprint density at radius 1 is 1.33 bits per heavy atom. The maximum atomic E-state index is 12.1. The number of carbonyl (C=O) groups excluding carboxylic acids is 1. The molecule has 8 heteroatoms. The Hall–Kier alpha value is -1.76. The van der Waals surface area contributed by atoms with E-state index < -0.39 is 23.7 Å². The molecule has 0 unspecified atom stereocenters. The van der Waals surface area contributed by atoms with Crippen molar-refractivity contribution in [2.24, 2.45) is 0 Å². The van der Waals surface area contributed by atoms with Crippen molar-refractivity contribution >= 4 is 29.2 Å². The third-order valence-corrected chi connectivity index (χ3v) is 2.51. The van der Waals surface area contributed by atoms with Gasteiger partial charge in [-0.2, -0.15) is 13.2 Å². The average Bonchev–Trinajstić information content (AvgIpc) is 2.22. The number of halogens is 4. The van der Waals surface area contributed by atoms with Gasteiger partial charge >= 0.3 is 18.1 Å². The van der Waals surface area contributed by atoms with E-state index in [4.69, 9.17) is 16.7 Å². The predicted molar refractivity (Wildman–Crippen MR) is 57.8 cm³/mol. The second-order valence-electron chi connectivity index (χ2n) is 3.41. The van der Waals surface area contributed by atoms with E-state index in [1.54, 1.807) is 0 Å². The van der Waals surface area contributed by atoms with Crippen molar-refractivity contribution in [2.75, 3.05) is 5.32 Å². The Kier molecular flexibility index (Phi) is 3.85. The Morgan fingerprint density at radius 3 is 2.33 bits per heavy atom. The van der Waals surface area contributed by atoms with Gasteiger partial charge in [0.2, 0.25) is 0 Å². The van der Waals surface area contributed by atoms with Gasteiger partial charge in [-0.25, -0.2) is 4.79 Å². The molecule has 0 fully saturated rings. The number of aryl methyl sites for hydroxylation is 1. The largest absolute Gasteiger partial charge is 0.478 e. The van der Waals surface area contributed by atoms with E-state index in [9.17, 15) is 22.8 Å². The molecule has 1 aromatic carbocycles. The first-order valence-electron chi connectivity index (χ1n) is 4.54. The van der Waals surface area contributed by atoms with Crippen LogP contribution in [0.3, 0.4) is 0 Å². The van der Waals surface area contributed by atoms with Gasteiger partial charge in [0.25, 0.3) is 0 Å². The number of alkyl halides is 3. The lowest BCUT2D eigenvalue weighted by Crippen LogP contribution is -2.30. The van der Waals surface area contributed by atoms with Gasteiger partial charge in [-0.1, -0.05) is 11.6 Å². The molecular weight excluding hydrogens is 275 g/mol. The van der Waals surface area contributed by atoms with Gasteiger partial charge in [-0.3, -0.25) is 4.79 Å². The van der Waals surface area contributed by atoms with Crippen LogP contribution < -0.4 is 5.32 Å². The van der Waals surface area contributed by atoms with Crippen LogP contribution in [-0.4, -0.2) is 23.2 Å². The minimum absolute atomic E-state index is 0.141. The maximum Gasteiger partial charge on any atom is 0.471 e. The van der Waals surface area contributed by atoms with Gasteiger partial charge in [0.15, 0.2) is 0 Å². The van der Waals surface area contributed by atoms with Crippen LogP contribution in [0.4, 0.5) is 18.9 Å². The third kappa shape index (κ3) is 3.13. The molecule has 2 N–H and O–H groups in total. The fraction of sp³-hybridized carbons (Fsp3) is 0.200. The van der Waals surface area contributed by atoms with Crippen molar-refractivity contribution in [3.63, 3.8) is 0 Å². The first-order chi connectivity index (χ1) is 8.12. The standard InChI is InChI=1S/C10H7ClF3NO3/c1-4-2-5(8(16)17)3-6(7(4)11)15-9(18)10(12,13)14/h2-3H,1H3,(H,15,18)(H,16,17). The molecular formula is C10H7ClF3NO3. The Balaban J connectivity index is 3.17. The number of carboxylic acids is 1. The summed E-state index contributed by atoms with van der Waals surface area (Å²) in [5.41, 5.74) is -0.417. The molecule has 18 heavy (non-hydrogen) atoms. The van der Waals surface area contributed by atoms with Crippen molar-refractivity contribution in [1.82, 2.24) is 0 Å². The Morgan fingerprint density at radius 2 is 1.89 bits per heavy atom. The molecule has 0 saturated heterocycles. The zero-order chi connectivity index (χ0) is 14.1. The van der Waals surface area contributed by atoms with Gasteiger partial charge in [-0.05, 0) is 24.6 Å². The molecule has 0 bridgehead atoms. The van der Waals surface area contributed by atoms with E-state index in [2.05, 4.69) is 0 Å². The summed E-state index contributed by atoms with van der Waals surface area (Å²) < 4.78 is 36.2. The fourth-order valence-corrected chi connectivity index (χ4v) is 1.33. The Bertz CT molecular complexity index is 514. The van der Waals surface area contributed by atoms with Crippen molar-refractivity contribution in [3.05, 3.63) is 28.3 Å². The summed E-state index contributed by atoms with van der Waals surface area (Å²) in [5.74, 6) is -3.55. The lowest BCUT2D eigenvalue weighted by atomic mass is 10.1. The summed E-state index contributed by atoms with van der Waals surface area (Å²) >= 11 is 5.69. The number of hydrogen-bond donors (Lipinski definition) is 2. The van der Waals surface area contributed by atoms with Gasteiger partial charge in [0.1, 0.15) is 0 Å². The lowest BCUT2D eigenvalue weighted by Gasteiger charge is -2.11. The molecule has 1 aromatic rings. The van der Waals surface area contributed by atoms with Crippen molar-refractivity contribution in [2.45, 2.75) is 13.1 Å². The van der Waals surface area contributed by atoms with Crippen LogP contribution in [0.15, 0.2) is 12.1 Å². The minimum atomic E-state index is -5.07. The molecule has 1 amide bonds. The highest BCUT2D eigenvalue weighted by atomic mass is 35.5. The minimum Gasteiger partial charge on any atom is -0.478 e. The molecule has 0 aliphatic heterocycles. The quantitative estimate of drug-likeness (QED) is 0.876. The summed E-state index contributed by atoms with van der Waals surface area (Å²) in [4.78, 5) is 21.5. The van der Waals surface area contributed by atoms with Gasteiger partial charge in [0, 0.05) is 0 Å². The molecule has 0 heterocycles. The van der Waals surface area contributed by atoms with Crippen LogP contribution in [0.5, 0.6) is 0 Å². The van der Waals surface area contributed by atoms with Gasteiger partial charge < -0.3 is 10.4 Å². The van der Waals surface area contributed by atoms with Crippen LogP contribution in [0.2, 0.25) is 5.02 Å². The number of carboxylic acid groups (broad SMARTS) is 1. The summed E-state index contributed by atoms with van der Waals surface area (Å²) in [6.07, 6.45) is -5.07. The molecule has 0 spiro atoms. The maximum absolute atomic E-state index is 12.1. The van der Waals surface area contributed by atoms with Crippen LogP contribution in [0.25, 0.3) is 0 Å². The molecule has 0 radical (unpaired) electrons. The topological polar surface area (TPSA) is 66.4 Å². The molecule has 0 atom stereocenters. The highest BCUT2D eigenvalue weighted by molar-refractivity contribution is 6.34. The summed E-state index contributed by atoms with van der Waals surface area (Å²) in [6, 6.07) is 2.05. The van der Waals surface area contributed by atoms with Crippen LogP contribution in [0.1, 0.15) is 15.9 Å². The Labute approximate surface area is 104 Å².